The molecule has 0 N–H and O–H groups in total. The van der Waals surface area contributed by atoms with Crippen LogP contribution in [-0.2, 0) is 0 Å². The van der Waals surface area contributed by atoms with E-state index in [0.717, 1.165) is 0 Å². The highest BCUT2D eigenvalue weighted by Crippen LogP contribution is 2.32. The summed E-state index contributed by atoms with van der Waals surface area (Å²) < 4.78 is 5.49. The Balaban J connectivity index is 2.52. The quantitative estimate of drug-likeness (QED) is 0.378. The standard InChI is InChI=1S/C12H8S2/c1-2-6-10-9(5-1)13-11-7-3-4-8-12(11)14-10/h1-8H/q+2. The summed E-state index contributed by atoms with van der Waals surface area (Å²) in [6.07, 6.45) is 0. The molecule has 0 fully saturated rings. The van der Waals surface area contributed by atoms with Gasteiger partial charge in [-0.25, -0.2) is 0 Å². The van der Waals surface area contributed by atoms with Gasteiger partial charge < -0.3 is 0 Å². The third kappa shape index (κ3) is 1.27. The van der Waals surface area contributed by atoms with Gasteiger partial charge in [0.1, 0.15) is 0 Å². The Morgan fingerprint density at radius 2 is 0.786 bits per heavy atom. The van der Waals surface area contributed by atoms with E-state index in [-0.39, 0.29) is 0 Å². The van der Waals surface area contributed by atoms with Crippen molar-refractivity contribution in [2.45, 2.75) is 0 Å². The highest BCUT2D eigenvalue weighted by molar-refractivity contribution is 7.36. The molecule has 66 valence electrons. The first-order chi connectivity index (χ1) is 6.93. The molecular formula is C12H8S2+2. The molecule has 0 unspecified atom stereocenters. The van der Waals surface area contributed by atoms with Gasteiger partial charge in [0.05, 0.1) is 0 Å². The first-order valence-corrected chi connectivity index (χ1v) is 6.10. The van der Waals surface area contributed by atoms with Gasteiger partial charge in [-0.3, -0.25) is 0 Å². The molecule has 0 aliphatic carbocycles. The molecule has 1 aromatic heterocycles. The molecule has 3 aromatic rings. The second-order valence-electron chi connectivity index (χ2n) is 3.10. The average Bonchev–Trinajstić information content (AvgIpc) is 2.26. The molecule has 0 spiro atoms. The maximum Gasteiger partial charge on any atom is 0.296 e. The van der Waals surface area contributed by atoms with Gasteiger partial charge in [-0.15, -0.1) is 0 Å². The molecule has 1 heterocycles. The van der Waals surface area contributed by atoms with E-state index in [2.05, 4.69) is 48.5 Å². The first kappa shape index (κ1) is 8.21. The van der Waals surface area contributed by atoms with Crippen LogP contribution in [-0.4, -0.2) is 0 Å². The summed E-state index contributed by atoms with van der Waals surface area (Å²) in [6.45, 7) is 0. The average molecular weight is 216 g/mol. The normalized spacial score (nSPS) is 10.9. The molecule has 3 rings (SSSR count). The lowest BCUT2D eigenvalue weighted by Crippen LogP contribution is -1.67. The number of rotatable bonds is 0. The minimum atomic E-state index is 1.37. The van der Waals surface area contributed by atoms with Gasteiger partial charge in [0.15, 0.2) is 0 Å². The Morgan fingerprint density at radius 3 is 1.07 bits per heavy atom. The summed E-state index contributed by atoms with van der Waals surface area (Å²) in [5, 5.41) is 0. The van der Waals surface area contributed by atoms with E-state index < -0.39 is 0 Å². The van der Waals surface area contributed by atoms with Crippen LogP contribution in [0.4, 0.5) is 0 Å². The highest BCUT2D eigenvalue weighted by Gasteiger charge is 2.19. The van der Waals surface area contributed by atoms with E-state index in [1.807, 2.05) is 22.7 Å². The molecule has 0 saturated heterocycles. The second-order valence-corrected chi connectivity index (χ2v) is 5.27. The topological polar surface area (TPSA) is 0 Å². The summed E-state index contributed by atoms with van der Waals surface area (Å²) in [6, 6.07) is 17.1. The Hall–Kier alpha value is -1.12. The first-order valence-electron chi connectivity index (χ1n) is 4.47. The summed E-state index contributed by atoms with van der Waals surface area (Å²) >= 11 is 3.72. The minimum absolute atomic E-state index is 1.37. The van der Waals surface area contributed by atoms with Gasteiger partial charge >= 0.3 is 0 Å². The lowest BCUT2D eigenvalue weighted by Gasteiger charge is -1.79. The molecule has 0 atom stereocenters. The third-order valence-corrected chi connectivity index (χ3v) is 4.70. The molecule has 0 amide bonds. The monoisotopic (exact) mass is 216 g/mol. The Bertz CT molecular complexity index is 497. The summed E-state index contributed by atoms with van der Waals surface area (Å²) in [4.78, 5) is 0. The van der Waals surface area contributed by atoms with Crippen LogP contribution in [0.1, 0.15) is 0 Å². The van der Waals surface area contributed by atoms with Crippen LogP contribution in [0.25, 0.3) is 18.8 Å². The van der Waals surface area contributed by atoms with Crippen molar-refractivity contribution in [2.24, 2.45) is 0 Å². The van der Waals surface area contributed by atoms with Gasteiger partial charge in [0.2, 0.25) is 22.7 Å². The van der Waals surface area contributed by atoms with Crippen molar-refractivity contribution < 1.29 is 0 Å². The van der Waals surface area contributed by atoms with Gasteiger partial charge in [0, 0.05) is 24.3 Å². The molecule has 2 heteroatoms. The molecule has 2 aromatic carbocycles. The van der Waals surface area contributed by atoms with Crippen LogP contribution in [0, 0.1) is 0 Å². The summed E-state index contributed by atoms with van der Waals surface area (Å²) in [5.74, 6) is 0. The fraction of sp³-hybridized carbons (Fsp3) is 0. The molecule has 14 heavy (non-hydrogen) atoms. The van der Waals surface area contributed by atoms with Crippen LogP contribution in [0.5, 0.6) is 0 Å². The van der Waals surface area contributed by atoms with E-state index >= 15 is 0 Å². The second kappa shape index (κ2) is 3.23. The maximum atomic E-state index is 2.18. The van der Waals surface area contributed by atoms with Crippen molar-refractivity contribution in [3.63, 3.8) is 0 Å². The van der Waals surface area contributed by atoms with Crippen molar-refractivity contribution in [2.75, 3.05) is 0 Å². The zero-order valence-corrected chi connectivity index (χ0v) is 9.07. The molecule has 0 radical (unpaired) electrons. The Labute approximate surface area is 90.1 Å². The lowest BCUT2D eigenvalue weighted by molar-refractivity contribution is 1.87. The predicted molar refractivity (Wildman–Crippen MR) is 66.0 cm³/mol. The van der Waals surface area contributed by atoms with Crippen LogP contribution < -0.4 is 0 Å². The number of fused-ring (bicyclic) bond motifs is 2. The van der Waals surface area contributed by atoms with Gasteiger partial charge in [-0.2, -0.15) is 0 Å². The van der Waals surface area contributed by atoms with Gasteiger partial charge in [-0.05, 0) is 0 Å². The molecular weight excluding hydrogens is 208 g/mol. The lowest BCUT2D eigenvalue weighted by atomic mass is 10.4. The fourth-order valence-corrected chi connectivity index (χ4v) is 3.71. The predicted octanol–water partition coefficient (Wildman–Crippen LogP) is 4.68. The third-order valence-electron chi connectivity index (χ3n) is 2.14. The van der Waals surface area contributed by atoms with Crippen molar-refractivity contribution in [3.8, 4) is 0 Å². The molecule has 0 aliphatic rings. The van der Waals surface area contributed by atoms with Crippen molar-refractivity contribution >= 4 is 41.5 Å². The van der Waals surface area contributed by atoms with E-state index in [0.29, 0.717) is 0 Å². The molecule has 0 saturated carbocycles. The Kier molecular flexibility index (Phi) is 1.89. The van der Waals surface area contributed by atoms with Crippen molar-refractivity contribution in [1.82, 2.24) is 0 Å². The smallest absolute Gasteiger partial charge is 0.0562 e. The number of hydrogen-bond acceptors (Lipinski definition) is 0. The molecule has 0 nitrogen and oxygen atoms in total. The van der Waals surface area contributed by atoms with Crippen LogP contribution in [0.15, 0.2) is 48.5 Å². The van der Waals surface area contributed by atoms with Gasteiger partial charge in [0.25, 0.3) is 18.8 Å². The zero-order chi connectivity index (χ0) is 9.38. The highest BCUT2D eigenvalue weighted by atomic mass is 32.1. The van der Waals surface area contributed by atoms with Crippen molar-refractivity contribution in [1.29, 1.82) is 0 Å². The van der Waals surface area contributed by atoms with E-state index in [4.69, 9.17) is 0 Å². The largest absolute Gasteiger partial charge is 0.296 e. The number of benzene rings is 2. The SMILES string of the molecule is c1ccc2[s+]c3ccccc3[s+]c2c1. The number of hydrogen-bond donors (Lipinski definition) is 0. The fourth-order valence-electron chi connectivity index (χ4n) is 1.47. The summed E-state index contributed by atoms with van der Waals surface area (Å²) in [7, 11) is 0. The van der Waals surface area contributed by atoms with E-state index in [9.17, 15) is 0 Å². The zero-order valence-electron chi connectivity index (χ0n) is 7.44. The van der Waals surface area contributed by atoms with E-state index in [1.165, 1.54) is 18.8 Å². The minimum Gasteiger partial charge on any atom is -0.0562 e. The van der Waals surface area contributed by atoms with Crippen LogP contribution in [0.2, 0.25) is 0 Å². The maximum absolute atomic E-state index is 2.18. The van der Waals surface area contributed by atoms with E-state index in [1.54, 1.807) is 0 Å². The summed E-state index contributed by atoms with van der Waals surface area (Å²) in [5.41, 5.74) is 0. The van der Waals surface area contributed by atoms with Gasteiger partial charge in [-0.1, -0.05) is 24.3 Å². The molecule has 0 aliphatic heterocycles. The van der Waals surface area contributed by atoms with Crippen LogP contribution in [0.3, 0.4) is 0 Å². The van der Waals surface area contributed by atoms with Crippen LogP contribution >= 0.6 is 22.7 Å². The Morgan fingerprint density at radius 1 is 0.500 bits per heavy atom. The molecule has 0 bridgehead atoms. The van der Waals surface area contributed by atoms with Crippen molar-refractivity contribution in [3.05, 3.63) is 48.5 Å².